The van der Waals surface area contributed by atoms with Crippen molar-refractivity contribution in [3.8, 4) is 0 Å². The quantitative estimate of drug-likeness (QED) is 0.863. The van der Waals surface area contributed by atoms with Crippen molar-refractivity contribution >= 4 is 9.84 Å². The second-order valence-corrected chi connectivity index (χ2v) is 7.71. The lowest BCUT2D eigenvalue weighted by Gasteiger charge is -2.19. The van der Waals surface area contributed by atoms with Crippen LogP contribution >= 0.6 is 0 Å². The van der Waals surface area contributed by atoms with Gasteiger partial charge in [-0.25, -0.2) is 8.42 Å². The summed E-state index contributed by atoms with van der Waals surface area (Å²) in [6.07, 6.45) is 0. The topological polar surface area (TPSA) is 34.1 Å². The fourth-order valence-electron chi connectivity index (χ4n) is 3.40. The molecule has 1 aliphatic rings. The molecule has 2 nitrogen and oxygen atoms in total. The fraction of sp³-hybridized carbons (Fsp3) is 0.294. The van der Waals surface area contributed by atoms with Crippen molar-refractivity contribution < 1.29 is 8.42 Å². The van der Waals surface area contributed by atoms with Crippen LogP contribution in [0, 0.1) is 11.8 Å². The summed E-state index contributed by atoms with van der Waals surface area (Å²) in [6.45, 7) is 4.05. The Bertz CT molecular complexity index is 697. The van der Waals surface area contributed by atoms with E-state index in [1.54, 1.807) is 24.3 Å². The standard InChI is InChI=1S/C17H18O2S/c1-13-14(2)17(13,15-9-5-3-6-10-15)20(18,19)16-11-7-4-8-12-16/h3-14H,1-2H3/t13-,14-/m0/s1. The molecule has 3 rings (SSSR count). The third kappa shape index (κ3) is 1.59. The minimum atomic E-state index is -3.38. The summed E-state index contributed by atoms with van der Waals surface area (Å²) in [5.74, 6) is 0.269. The Morgan fingerprint density at radius 2 is 1.25 bits per heavy atom. The van der Waals surface area contributed by atoms with E-state index < -0.39 is 14.6 Å². The molecule has 3 heteroatoms. The van der Waals surface area contributed by atoms with Gasteiger partial charge in [-0.1, -0.05) is 62.4 Å². The van der Waals surface area contributed by atoms with Crippen LogP contribution in [0.1, 0.15) is 19.4 Å². The number of sulfone groups is 1. The Morgan fingerprint density at radius 1 is 0.800 bits per heavy atom. The molecule has 0 N–H and O–H groups in total. The third-order valence-corrected chi connectivity index (χ3v) is 7.48. The predicted molar refractivity (Wildman–Crippen MR) is 80.1 cm³/mol. The molecule has 0 aromatic heterocycles. The predicted octanol–water partition coefficient (Wildman–Crippen LogP) is 3.64. The van der Waals surface area contributed by atoms with Gasteiger partial charge in [0.2, 0.25) is 0 Å². The third-order valence-electron chi connectivity index (χ3n) is 4.72. The Hall–Kier alpha value is -1.61. The first-order valence-corrected chi connectivity index (χ1v) is 8.36. The van der Waals surface area contributed by atoms with Gasteiger partial charge >= 0.3 is 0 Å². The Kier molecular flexibility index (Phi) is 2.98. The maximum Gasteiger partial charge on any atom is 0.188 e. The van der Waals surface area contributed by atoms with Gasteiger partial charge in [0.15, 0.2) is 9.84 Å². The van der Waals surface area contributed by atoms with Crippen LogP contribution in [0.2, 0.25) is 0 Å². The average Bonchev–Trinajstić information content (AvgIpc) is 3.04. The Labute approximate surface area is 120 Å². The van der Waals surface area contributed by atoms with Gasteiger partial charge in [0.25, 0.3) is 0 Å². The second-order valence-electron chi connectivity index (χ2n) is 5.55. The zero-order chi connectivity index (χ0) is 14.4. The van der Waals surface area contributed by atoms with Crippen LogP contribution in [-0.4, -0.2) is 8.42 Å². The molecule has 2 atom stereocenters. The van der Waals surface area contributed by atoms with Crippen molar-refractivity contribution in [2.75, 3.05) is 0 Å². The monoisotopic (exact) mass is 286 g/mol. The van der Waals surface area contributed by atoms with Gasteiger partial charge < -0.3 is 0 Å². The lowest BCUT2D eigenvalue weighted by atomic mass is 10.1. The van der Waals surface area contributed by atoms with E-state index >= 15 is 0 Å². The molecule has 0 spiro atoms. The molecule has 1 aliphatic carbocycles. The maximum atomic E-state index is 13.1. The summed E-state index contributed by atoms with van der Waals surface area (Å²) in [6, 6.07) is 18.4. The van der Waals surface area contributed by atoms with Crippen LogP contribution < -0.4 is 0 Å². The highest BCUT2D eigenvalue weighted by Gasteiger charge is 2.68. The van der Waals surface area contributed by atoms with Crippen molar-refractivity contribution in [3.63, 3.8) is 0 Å². The molecule has 20 heavy (non-hydrogen) atoms. The number of hydrogen-bond acceptors (Lipinski definition) is 2. The molecule has 0 aliphatic heterocycles. The van der Waals surface area contributed by atoms with E-state index in [4.69, 9.17) is 0 Å². The zero-order valence-electron chi connectivity index (χ0n) is 11.7. The Morgan fingerprint density at radius 3 is 1.70 bits per heavy atom. The van der Waals surface area contributed by atoms with E-state index in [1.807, 2.05) is 50.2 Å². The van der Waals surface area contributed by atoms with Gasteiger partial charge in [0.1, 0.15) is 4.75 Å². The van der Waals surface area contributed by atoms with Crippen molar-refractivity contribution in [2.45, 2.75) is 23.5 Å². The molecular formula is C17H18O2S. The van der Waals surface area contributed by atoms with E-state index in [9.17, 15) is 8.42 Å². The zero-order valence-corrected chi connectivity index (χ0v) is 12.5. The Balaban J connectivity index is 2.20. The minimum Gasteiger partial charge on any atom is -0.223 e. The highest BCUT2D eigenvalue weighted by atomic mass is 32.2. The van der Waals surface area contributed by atoms with Crippen LogP contribution in [0.5, 0.6) is 0 Å². The number of benzene rings is 2. The average molecular weight is 286 g/mol. The first-order valence-electron chi connectivity index (χ1n) is 6.88. The first kappa shape index (κ1) is 13.4. The van der Waals surface area contributed by atoms with Crippen LogP contribution in [-0.2, 0) is 14.6 Å². The van der Waals surface area contributed by atoms with Crippen LogP contribution in [0.4, 0.5) is 0 Å². The fourth-order valence-corrected chi connectivity index (χ4v) is 6.07. The minimum absolute atomic E-state index is 0.134. The highest BCUT2D eigenvalue weighted by Crippen LogP contribution is 2.64. The SMILES string of the molecule is C[C@H]1[C@H](C)C1(c1ccccc1)S(=O)(=O)c1ccccc1. The largest absolute Gasteiger partial charge is 0.223 e. The molecule has 0 radical (unpaired) electrons. The van der Waals surface area contributed by atoms with Crippen molar-refractivity contribution in [1.29, 1.82) is 0 Å². The van der Waals surface area contributed by atoms with Crippen molar-refractivity contribution in [3.05, 3.63) is 66.2 Å². The summed E-state index contributed by atoms with van der Waals surface area (Å²) in [7, 11) is -3.38. The van der Waals surface area contributed by atoms with Crippen LogP contribution in [0.15, 0.2) is 65.6 Å². The van der Waals surface area contributed by atoms with Crippen molar-refractivity contribution in [1.82, 2.24) is 0 Å². The molecule has 0 unspecified atom stereocenters. The van der Waals surface area contributed by atoms with Gasteiger partial charge in [0.05, 0.1) is 4.90 Å². The summed E-state index contributed by atoms with van der Waals surface area (Å²) >= 11 is 0. The number of rotatable bonds is 3. The molecule has 0 bridgehead atoms. The van der Waals surface area contributed by atoms with E-state index in [0.29, 0.717) is 4.90 Å². The van der Waals surface area contributed by atoms with Crippen molar-refractivity contribution in [2.24, 2.45) is 11.8 Å². The number of hydrogen-bond donors (Lipinski definition) is 0. The summed E-state index contributed by atoms with van der Waals surface area (Å²) in [5.41, 5.74) is 0.906. The smallest absolute Gasteiger partial charge is 0.188 e. The molecule has 0 heterocycles. The normalized spacial score (nSPS) is 29.1. The molecule has 104 valence electrons. The molecule has 0 amide bonds. The maximum absolute atomic E-state index is 13.1. The lowest BCUT2D eigenvalue weighted by Crippen LogP contribution is -2.24. The summed E-state index contributed by atoms with van der Waals surface area (Å²) < 4.78 is 25.5. The van der Waals surface area contributed by atoms with E-state index in [2.05, 4.69) is 0 Å². The molecule has 2 aromatic carbocycles. The van der Waals surface area contributed by atoms with Gasteiger partial charge in [-0.3, -0.25) is 0 Å². The summed E-state index contributed by atoms with van der Waals surface area (Å²) in [5, 5.41) is 0. The van der Waals surface area contributed by atoms with Gasteiger partial charge in [-0.2, -0.15) is 0 Å². The van der Waals surface area contributed by atoms with Gasteiger partial charge in [-0.05, 0) is 29.5 Å². The molecular weight excluding hydrogens is 268 g/mol. The second kappa shape index (κ2) is 4.45. The molecule has 1 fully saturated rings. The van der Waals surface area contributed by atoms with Gasteiger partial charge in [0, 0.05) is 0 Å². The summed E-state index contributed by atoms with van der Waals surface area (Å²) in [4.78, 5) is 0.417. The van der Waals surface area contributed by atoms with Gasteiger partial charge in [-0.15, -0.1) is 0 Å². The van der Waals surface area contributed by atoms with Crippen LogP contribution in [0.25, 0.3) is 0 Å². The molecule has 0 saturated heterocycles. The lowest BCUT2D eigenvalue weighted by molar-refractivity contribution is 0.571. The van der Waals surface area contributed by atoms with Crippen LogP contribution in [0.3, 0.4) is 0 Å². The van der Waals surface area contributed by atoms with E-state index in [-0.39, 0.29) is 11.8 Å². The highest BCUT2D eigenvalue weighted by molar-refractivity contribution is 7.92. The molecule has 2 aromatic rings. The van der Waals surface area contributed by atoms with E-state index in [1.165, 1.54) is 0 Å². The molecule has 1 saturated carbocycles. The van der Waals surface area contributed by atoms with E-state index in [0.717, 1.165) is 5.56 Å². The first-order chi connectivity index (χ1) is 9.53.